The van der Waals surface area contributed by atoms with Crippen molar-refractivity contribution in [2.24, 2.45) is 5.92 Å². The number of hydrogen-bond acceptors (Lipinski definition) is 3. The Labute approximate surface area is 174 Å². The number of hydrogen-bond donors (Lipinski definition) is 1. The second-order valence-electron chi connectivity index (χ2n) is 7.36. The molecule has 30 heavy (non-hydrogen) atoms. The summed E-state index contributed by atoms with van der Waals surface area (Å²) in [6, 6.07) is 17.6. The van der Waals surface area contributed by atoms with E-state index in [2.05, 4.69) is 10.3 Å². The van der Waals surface area contributed by atoms with E-state index in [4.69, 9.17) is 0 Å². The smallest absolute Gasteiger partial charge is 0.254 e. The van der Waals surface area contributed by atoms with E-state index in [1.807, 2.05) is 24.3 Å². The molecule has 0 bridgehead atoms. The quantitative estimate of drug-likeness (QED) is 0.727. The fourth-order valence-electron chi connectivity index (χ4n) is 3.72. The predicted molar refractivity (Wildman–Crippen MR) is 112 cm³/mol. The number of benzene rings is 2. The second-order valence-corrected chi connectivity index (χ2v) is 7.36. The van der Waals surface area contributed by atoms with Crippen LogP contribution in [0.5, 0.6) is 0 Å². The van der Waals surface area contributed by atoms with Crippen molar-refractivity contribution < 1.29 is 14.0 Å². The molecule has 0 spiro atoms. The fraction of sp³-hybridized carbons (Fsp3) is 0.208. The molecule has 2 heterocycles. The van der Waals surface area contributed by atoms with E-state index in [0.717, 1.165) is 11.1 Å². The minimum atomic E-state index is -0.349. The van der Waals surface area contributed by atoms with E-state index in [-0.39, 0.29) is 23.5 Å². The highest BCUT2D eigenvalue weighted by atomic mass is 19.1. The first-order chi connectivity index (χ1) is 14.6. The van der Waals surface area contributed by atoms with Gasteiger partial charge in [-0.2, -0.15) is 0 Å². The highest BCUT2D eigenvalue weighted by Gasteiger charge is 2.28. The number of nitrogens with zero attached hydrogens (tertiary/aromatic N) is 2. The van der Waals surface area contributed by atoms with Gasteiger partial charge in [-0.1, -0.05) is 42.5 Å². The summed E-state index contributed by atoms with van der Waals surface area (Å²) in [7, 11) is 0. The number of halogens is 1. The summed E-state index contributed by atoms with van der Waals surface area (Å²) in [6.45, 7) is 1.25. The highest BCUT2D eigenvalue weighted by Crippen LogP contribution is 2.24. The number of nitrogens with one attached hydrogen (secondary N) is 1. The molecule has 1 N–H and O–H groups in total. The Morgan fingerprint density at radius 2 is 1.80 bits per heavy atom. The average molecular weight is 403 g/mol. The topological polar surface area (TPSA) is 62.3 Å². The lowest BCUT2D eigenvalue weighted by Crippen LogP contribution is -2.37. The SMILES string of the molecule is O=C1NCCN(C(=O)c2ccncc2)C[C@H]1Cc1ccc(-c2ccccc2F)cc1. The van der Waals surface area contributed by atoms with Crippen LogP contribution < -0.4 is 5.32 Å². The Kier molecular flexibility index (Phi) is 5.84. The monoisotopic (exact) mass is 403 g/mol. The molecule has 0 saturated carbocycles. The number of rotatable bonds is 4. The minimum absolute atomic E-state index is 0.0572. The average Bonchev–Trinajstić information content (AvgIpc) is 2.96. The van der Waals surface area contributed by atoms with E-state index in [0.29, 0.717) is 37.2 Å². The van der Waals surface area contributed by atoms with Crippen LogP contribution in [-0.2, 0) is 11.2 Å². The van der Waals surface area contributed by atoms with E-state index >= 15 is 0 Å². The zero-order chi connectivity index (χ0) is 20.9. The van der Waals surface area contributed by atoms with Crippen LogP contribution in [0.15, 0.2) is 73.1 Å². The molecule has 1 aliphatic heterocycles. The Bertz CT molecular complexity index is 1040. The lowest BCUT2D eigenvalue weighted by Gasteiger charge is -2.23. The molecule has 2 amide bonds. The molecule has 1 atom stereocenters. The van der Waals surface area contributed by atoms with E-state index < -0.39 is 0 Å². The maximum absolute atomic E-state index is 14.0. The number of amides is 2. The zero-order valence-electron chi connectivity index (χ0n) is 16.4. The van der Waals surface area contributed by atoms with Gasteiger partial charge in [-0.25, -0.2) is 4.39 Å². The highest BCUT2D eigenvalue weighted by molar-refractivity contribution is 5.94. The molecule has 2 aromatic carbocycles. The lowest BCUT2D eigenvalue weighted by atomic mass is 9.96. The van der Waals surface area contributed by atoms with Crippen LogP contribution in [0.2, 0.25) is 0 Å². The number of carbonyl (C=O) groups excluding carboxylic acids is 2. The molecule has 1 aliphatic rings. The lowest BCUT2D eigenvalue weighted by molar-refractivity contribution is -0.124. The Morgan fingerprint density at radius 3 is 2.53 bits per heavy atom. The van der Waals surface area contributed by atoms with Crippen LogP contribution in [0.4, 0.5) is 4.39 Å². The molecular formula is C24H22FN3O2. The fourth-order valence-corrected chi connectivity index (χ4v) is 3.72. The molecule has 4 rings (SSSR count). The largest absolute Gasteiger partial charge is 0.354 e. The van der Waals surface area contributed by atoms with E-state index in [1.54, 1.807) is 47.6 Å². The molecule has 0 aliphatic carbocycles. The first-order valence-electron chi connectivity index (χ1n) is 9.92. The Balaban J connectivity index is 1.49. The van der Waals surface area contributed by atoms with Crippen molar-refractivity contribution in [3.05, 3.63) is 90.0 Å². The van der Waals surface area contributed by atoms with Crippen LogP contribution in [0.3, 0.4) is 0 Å². The summed E-state index contributed by atoms with van der Waals surface area (Å²) >= 11 is 0. The maximum atomic E-state index is 14.0. The molecule has 6 heteroatoms. The van der Waals surface area contributed by atoms with E-state index in [1.165, 1.54) is 6.07 Å². The van der Waals surface area contributed by atoms with Gasteiger partial charge in [0.2, 0.25) is 5.91 Å². The third-order valence-electron chi connectivity index (χ3n) is 5.33. The van der Waals surface area contributed by atoms with Crippen LogP contribution in [0.1, 0.15) is 15.9 Å². The molecule has 3 aromatic rings. The molecule has 1 aromatic heterocycles. The van der Waals surface area contributed by atoms with Gasteiger partial charge in [0.05, 0.1) is 5.92 Å². The van der Waals surface area contributed by atoms with Gasteiger partial charge in [-0.15, -0.1) is 0 Å². The first kappa shape index (κ1) is 19.8. The molecule has 1 saturated heterocycles. The third-order valence-corrected chi connectivity index (χ3v) is 5.33. The van der Waals surface area contributed by atoms with Gasteiger partial charge >= 0.3 is 0 Å². The Hall–Kier alpha value is -3.54. The second kappa shape index (κ2) is 8.86. The van der Waals surface area contributed by atoms with Gasteiger partial charge < -0.3 is 10.2 Å². The normalized spacial score (nSPS) is 16.6. The molecule has 1 fully saturated rings. The summed E-state index contributed by atoms with van der Waals surface area (Å²) in [5.41, 5.74) is 2.86. The summed E-state index contributed by atoms with van der Waals surface area (Å²) in [5, 5.41) is 2.90. The maximum Gasteiger partial charge on any atom is 0.254 e. The zero-order valence-corrected chi connectivity index (χ0v) is 16.4. The van der Waals surface area contributed by atoms with Gasteiger partial charge in [0.25, 0.3) is 5.91 Å². The number of carbonyl (C=O) groups is 2. The van der Waals surface area contributed by atoms with Crippen molar-refractivity contribution in [2.75, 3.05) is 19.6 Å². The molecule has 152 valence electrons. The van der Waals surface area contributed by atoms with Crippen LogP contribution in [-0.4, -0.2) is 41.3 Å². The first-order valence-corrected chi connectivity index (χ1v) is 9.92. The third kappa shape index (κ3) is 4.38. The molecule has 5 nitrogen and oxygen atoms in total. The summed E-state index contributed by atoms with van der Waals surface area (Å²) in [4.78, 5) is 31.0. The van der Waals surface area contributed by atoms with Crippen molar-refractivity contribution in [2.45, 2.75) is 6.42 Å². The van der Waals surface area contributed by atoms with Crippen LogP contribution >= 0.6 is 0 Å². The Morgan fingerprint density at radius 1 is 1.07 bits per heavy atom. The van der Waals surface area contributed by atoms with Gasteiger partial charge in [0, 0.05) is 43.2 Å². The predicted octanol–water partition coefficient (Wildman–Crippen LogP) is 3.32. The summed E-state index contributed by atoms with van der Waals surface area (Å²) in [6.07, 6.45) is 3.68. The van der Waals surface area contributed by atoms with Crippen molar-refractivity contribution in [3.63, 3.8) is 0 Å². The molecule has 0 unspecified atom stereocenters. The number of aromatic nitrogens is 1. The molecule has 0 radical (unpaired) electrons. The summed E-state index contributed by atoms with van der Waals surface area (Å²) < 4.78 is 14.0. The van der Waals surface area contributed by atoms with Crippen molar-refractivity contribution in [3.8, 4) is 11.1 Å². The molecular weight excluding hydrogens is 381 g/mol. The van der Waals surface area contributed by atoms with Gasteiger partial charge in [0.15, 0.2) is 0 Å². The van der Waals surface area contributed by atoms with Gasteiger partial charge in [-0.3, -0.25) is 14.6 Å². The van der Waals surface area contributed by atoms with Crippen molar-refractivity contribution in [1.82, 2.24) is 15.2 Å². The van der Waals surface area contributed by atoms with Crippen molar-refractivity contribution >= 4 is 11.8 Å². The summed E-state index contributed by atoms with van der Waals surface area (Å²) in [5.74, 6) is -0.775. The van der Waals surface area contributed by atoms with Gasteiger partial charge in [-0.05, 0) is 35.7 Å². The number of pyridine rings is 1. The van der Waals surface area contributed by atoms with Crippen LogP contribution in [0, 0.1) is 11.7 Å². The van der Waals surface area contributed by atoms with Gasteiger partial charge in [0.1, 0.15) is 5.82 Å². The van der Waals surface area contributed by atoms with Crippen molar-refractivity contribution in [1.29, 1.82) is 0 Å². The standard InChI is InChI=1S/C24H22FN3O2/c25-22-4-2-1-3-21(22)18-7-5-17(6-8-18)15-20-16-28(14-13-27-23(20)29)24(30)19-9-11-26-12-10-19/h1-12,20H,13-16H2,(H,27,29)/t20-/m1/s1. The minimum Gasteiger partial charge on any atom is -0.354 e. The van der Waals surface area contributed by atoms with Crippen LogP contribution in [0.25, 0.3) is 11.1 Å². The van der Waals surface area contributed by atoms with E-state index in [9.17, 15) is 14.0 Å².